The van der Waals surface area contributed by atoms with Gasteiger partial charge in [-0.05, 0) is 42.4 Å². The first-order valence-electron chi connectivity index (χ1n) is 9.60. The van der Waals surface area contributed by atoms with Crippen molar-refractivity contribution >= 4 is 22.8 Å². The van der Waals surface area contributed by atoms with Crippen LogP contribution in [0, 0.1) is 24.8 Å². The number of benzene rings is 2. The van der Waals surface area contributed by atoms with Crippen LogP contribution in [0.3, 0.4) is 0 Å². The van der Waals surface area contributed by atoms with E-state index in [4.69, 9.17) is 6.57 Å². The molecule has 0 aromatic heterocycles. The van der Waals surface area contributed by atoms with Crippen molar-refractivity contribution in [1.82, 2.24) is 0 Å². The lowest BCUT2D eigenvalue weighted by atomic mass is 9.93. The lowest BCUT2D eigenvalue weighted by Gasteiger charge is -2.10. The van der Waals surface area contributed by atoms with Gasteiger partial charge in [-0.25, -0.2) is 4.85 Å². The summed E-state index contributed by atoms with van der Waals surface area (Å²) in [5, 5.41) is 9.46. The second-order valence-electron chi connectivity index (χ2n) is 7.18. The van der Waals surface area contributed by atoms with Crippen molar-refractivity contribution < 1.29 is 22.8 Å². The molecule has 2 aromatic rings. The van der Waals surface area contributed by atoms with Gasteiger partial charge in [0.25, 0.3) is 0 Å². The van der Waals surface area contributed by atoms with Gasteiger partial charge >= 0.3 is 6.18 Å². The number of allylic oxidation sites excluding steroid dienone is 7. The summed E-state index contributed by atoms with van der Waals surface area (Å²) in [5.41, 5.74) is 0.992. The molecule has 0 radical (unpaired) electrons. The van der Waals surface area contributed by atoms with Crippen LogP contribution in [0.2, 0.25) is 0 Å². The molecule has 0 atom stereocenters. The van der Waals surface area contributed by atoms with Crippen molar-refractivity contribution in [3.05, 3.63) is 118 Å². The second-order valence-corrected chi connectivity index (χ2v) is 7.18. The van der Waals surface area contributed by atoms with Crippen LogP contribution >= 0.6 is 0 Å². The van der Waals surface area contributed by atoms with Crippen LogP contribution in [0.4, 0.5) is 13.2 Å². The minimum absolute atomic E-state index is 0.0215. The first-order chi connectivity index (χ1) is 15.6. The number of alkyl halides is 3. The Kier molecular flexibility index (Phi) is 6.56. The molecule has 1 aliphatic carbocycles. The number of rotatable bonds is 4. The van der Waals surface area contributed by atoms with Crippen molar-refractivity contribution in [2.45, 2.75) is 13.1 Å². The largest absolute Gasteiger partial charge is 0.416 e. The Hall–Kier alpha value is -4.49. The fraction of sp³-hybridized carbons (Fsp3) is 0.0769. The smallest absolute Gasteiger partial charge is 0.289 e. The van der Waals surface area contributed by atoms with Gasteiger partial charge in [0.2, 0.25) is 0 Å². The van der Waals surface area contributed by atoms with E-state index in [9.17, 15) is 28.0 Å². The molecule has 2 aromatic carbocycles. The summed E-state index contributed by atoms with van der Waals surface area (Å²) < 4.78 is 38.3. The summed E-state index contributed by atoms with van der Waals surface area (Å²) in [6.45, 7) is 9.22. The van der Waals surface area contributed by atoms with Gasteiger partial charge in [0.05, 0.1) is 23.8 Å². The number of nitriles is 1. The Bertz CT molecular complexity index is 1330. The SMILES string of the molecule is [C-]#[N+]/C(=C\C1=CC(=O)C(/C=C(\C#N)c2ccc(C)cc2)=CC1=O)c1ccc(C(F)(F)F)cc1. The standard InChI is InChI=1S/C26H15F3N2O2/c1-16-3-5-17(6-4-16)21(15-30)11-19-13-25(33)20(14-24(19)32)12-23(31-2)18-7-9-22(10-8-18)26(27,28)29/h3-14H,1H3/b21-11+,23-12-. The monoisotopic (exact) mass is 444 g/mol. The van der Waals surface area contributed by atoms with E-state index in [-0.39, 0.29) is 28.0 Å². The molecule has 0 bridgehead atoms. The first-order valence-corrected chi connectivity index (χ1v) is 9.60. The van der Waals surface area contributed by atoms with Gasteiger partial charge in [0.1, 0.15) is 0 Å². The zero-order valence-electron chi connectivity index (χ0n) is 17.3. The van der Waals surface area contributed by atoms with E-state index in [1.807, 2.05) is 25.1 Å². The second kappa shape index (κ2) is 9.33. The molecule has 162 valence electrons. The molecule has 1 aliphatic rings. The van der Waals surface area contributed by atoms with Crippen molar-refractivity contribution in [1.29, 1.82) is 5.26 Å². The summed E-state index contributed by atoms with van der Waals surface area (Å²) in [4.78, 5) is 28.4. The lowest BCUT2D eigenvalue weighted by Crippen LogP contribution is -2.11. The molecular formula is C26H15F3N2O2. The first kappa shape index (κ1) is 23.2. The minimum atomic E-state index is -4.51. The van der Waals surface area contributed by atoms with Gasteiger partial charge in [-0.15, -0.1) is 0 Å². The van der Waals surface area contributed by atoms with E-state index in [0.29, 0.717) is 5.56 Å². The average Bonchev–Trinajstić information content (AvgIpc) is 2.78. The van der Waals surface area contributed by atoms with Crippen LogP contribution in [0.15, 0.2) is 84.0 Å². The zero-order valence-corrected chi connectivity index (χ0v) is 17.3. The lowest BCUT2D eigenvalue weighted by molar-refractivity contribution is -0.137. The molecule has 0 saturated carbocycles. The topological polar surface area (TPSA) is 62.3 Å². The van der Waals surface area contributed by atoms with Crippen molar-refractivity contribution in [2.24, 2.45) is 0 Å². The van der Waals surface area contributed by atoms with Gasteiger partial charge in [-0.2, -0.15) is 18.4 Å². The molecule has 3 rings (SSSR count). The summed E-state index contributed by atoms with van der Waals surface area (Å²) in [6.07, 6.45) is 0.109. The number of carbonyl (C=O) groups is 2. The third kappa shape index (κ3) is 5.41. The molecule has 0 N–H and O–H groups in total. The Morgan fingerprint density at radius 1 is 0.909 bits per heavy atom. The van der Waals surface area contributed by atoms with Crippen molar-refractivity contribution in [3.63, 3.8) is 0 Å². The highest BCUT2D eigenvalue weighted by atomic mass is 19.4. The van der Waals surface area contributed by atoms with Crippen LogP contribution < -0.4 is 0 Å². The Balaban J connectivity index is 1.89. The van der Waals surface area contributed by atoms with Crippen LogP contribution in [-0.2, 0) is 15.8 Å². The van der Waals surface area contributed by atoms with E-state index < -0.39 is 23.3 Å². The number of halogens is 3. The quantitative estimate of drug-likeness (QED) is 0.336. The molecule has 0 spiro atoms. The minimum Gasteiger partial charge on any atom is -0.289 e. The molecule has 33 heavy (non-hydrogen) atoms. The van der Waals surface area contributed by atoms with E-state index in [1.165, 1.54) is 6.08 Å². The highest BCUT2D eigenvalue weighted by molar-refractivity contribution is 6.23. The average molecular weight is 444 g/mol. The van der Waals surface area contributed by atoms with Gasteiger partial charge in [0.15, 0.2) is 17.3 Å². The molecule has 0 amide bonds. The maximum atomic E-state index is 12.8. The fourth-order valence-corrected chi connectivity index (χ4v) is 3.04. The number of ketones is 2. The van der Waals surface area contributed by atoms with Gasteiger partial charge < -0.3 is 0 Å². The van der Waals surface area contributed by atoms with Gasteiger partial charge in [-0.3, -0.25) is 9.59 Å². The molecule has 0 fully saturated rings. The highest BCUT2D eigenvalue weighted by Gasteiger charge is 2.30. The number of hydrogen-bond acceptors (Lipinski definition) is 3. The summed E-state index contributed by atoms with van der Waals surface area (Å²) >= 11 is 0. The molecule has 0 saturated heterocycles. The molecular weight excluding hydrogens is 429 g/mol. The Morgan fingerprint density at radius 2 is 1.42 bits per heavy atom. The number of aryl methyl sites for hydroxylation is 1. The van der Waals surface area contributed by atoms with E-state index in [0.717, 1.165) is 48.1 Å². The Morgan fingerprint density at radius 3 is 1.91 bits per heavy atom. The third-order valence-electron chi connectivity index (χ3n) is 4.85. The zero-order chi connectivity index (χ0) is 24.2. The van der Waals surface area contributed by atoms with Crippen molar-refractivity contribution in [2.75, 3.05) is 0 Å². The number of carbonyl (C=O) groups excluding carboxylic acids is 2. The van der Waals surface area contributed by atoms with E-state index >= 15 is 0 Å². The van der Waals surface area contributed by atoms with Crippen molar-refractivity contribution in [3.8, 4) is 6.07 Å². The fourth-order valence-electron chi connectivity index (χ4n) is 3.04. The summed E-state index contributed by atoms with van der Waals surface area (Å²) in [6, 6.07) is 13.1. The summed E-state index contributed by atoms with van der Waals surface area (Å²) in [7, 11) is 0. The maximum Gasteiger partial charge on any atom is 0.416 e. The molecule has 0 unspecified atom stereocenters. The number of hydrogen-bond donors (Lipinski definition) is 0. The maximum absolute atomic E-state index is 12.8. The number of nitrogens with zero attached hydrogens (tertiary/aromatic N) is 2. The molecule has 7 heteroatoms. The molecule has 4 nitrogen and oxygen atoms in total. The normalized spacial score (nSPS) is 14.8. The molecule has 0 aliphatic heterocycles. The molecule has 0 heterocycles. The predicted octanol–water partition coefficient (Wildman–Crippen LogP) is 5.89. The summed E-state index contributed by atoms with van der Waals surface area (Å²) in [5.74, 6) is -1.09. The predicted molar refractivity (Wildman–Crippen MR) is 117 cm³/mol. The third-order valence-corrected chi connectivity index (χ3v) is 4.85. The van der Waals surface area contributed by atoms with Gasteiger partial charge in [-0.1, -0.05) is 54.1 Å². The van der Waals surface area contributed by atoms with Crippen LogP contribution in [0.5, 0.6) is 0 Å². The van der Waals surface area contributed by atoms with Gasteiger partial charge in [0, 0.05) is 11.1 Å². The van der Waals surface area contributed by atoms with E-state index in [1.54, 1.807) is 12.1 Å². The van der Waals surface area contributed by atoms with Crippen LogP contribution in [0.25, 0.3) is 16.1 Å². The van der Waals surface area contributed by atoms with Crippen LogP contribution in [0.1, 0.15) is 22.3 Å². The Labute approximate surface area is 188 Å². The van der Waals surface area contributed by atoms with Crippen LogP contribution in [-0.4, -0.2) is 11.6 Å². The highest BCUT2D eigenvalue weighted by Crippen LogP contribution is 2.31. The van der Waals surface area contributed by atoms with E-state index in [2.05, 4.69) is 4.85 Å².